The average molecular weight is 597 g/mol. The van der Waals surface area contributed by atoms with Gasteiger partial charge in [0.1, 0.15) is 6.61 Å². The van der Waals surface area contributed by atoms with Gasteiger partial charge >= 0.3 is 5.97 Å². The minimum Gasteiger partial charge on any atom is -0.504 e. The number of hydrogen-bond donors (Lipinski definition) is 1. The molecule has 0 radical (unpaired) electrons. The molecule has 0 saturated carbocycles. The van der Waals surface area contributed by atoms with Crippen LogP contribution in [0.5, 0.6) is 23.0 Å². The van der Waals surface area contributed by atoms with E-state index in [2.05, 4.69) is 11.9 Å². The van der Waals surface area contributed by atoms with Gasteiger partial charge in [0.25, 0.3) is 5.56 Å². The third-order valence-corrected chi connectivity index (χ3v) is 7.59. The molecule has 1 atom stereocenters. The molecule has 1 aliphatic heterocycles. The number of fused-ring (bicyclic) bond motifs is 1. The SMILES string of the molecule is CCCCOc1ccc(C2C(C(=O)OCCOC)=C(C)N=c3s/c(=C\c4ccc(O)c(OCC)c4)c(=O)n32)cc1OC. The second-order valence-electron chi connectivity index (χ2n) is 9.48. The number of nitrogens with zero attached hydrogens (tertiary/aromatic N) is 2. The predicted molar refractivity (Wildman–Crippen MR) is 159 cm³/mol. The van der Waals surface area contributed by atoms with E-state index in [1.165, 1.54) is 29.1 Å². The minimum absolute atomic E-state index is 0.0128. The molecule has 0 bridgehead atoms. The first-order valence-electron chi connectivity index (χ1n) is 13.8. The monoisotopic (exact) mass is 596 g/mol. The Labute approximate surface area is 248 Å². The van der Waals surface area contributed by atoms with Gasteiger partial charge in [-0.15, -0.1) is 0 Å². The molecule has 3 aromatic rings. The van der Waals surface area contributed by atoms with Crippen molar-refractivity contribution in [2.75, 3.05) is 40.6 Å². The molecule has 0 aliphatic carbocycles. The number of carbonyl (C=O) groups is 1. The lowest BCUT2D eigenvalue weighted by Crippen LogP contribution is -2.40. The zero-order valence-corrected chi connectivity index (χ0v) is 25.3. The number of esters is 1. The van der Waals surface area contributed by atoms with Gasteiger partial charge in [0.05, 0.1) is 48.8 Å². The summed E-state index contributed by atoms with van der Waals surface area (Å²) in [5.41, 5.74) is 1.67. The normalized spacial score (nSPS) is 14.8. The maximum atomic E-state index is 14.0. The first-order valence-corrected chi connectivity index (χ1v) is 14.6. The number of rotatable bonds is 13. The molecule has 11 heteroatoms. The smallest absolute Gasteiger partial charge is 0.338 e. The number of unbranched alkanes of at least 4 members (excludes halogenated alkanes) is 1. The summed E-state index contributed by atoms with van der Waals surface area (Å²) in [6.07, 6.45) is 3.60. The number of carbonyl (C=O) groups excluding carboxylic acids is 1. The molecule has 0 fully saturated rings. The highest BCUT2D eigenvalue weighted by molar-refractivity contribution is 7.07. The largest absolute Gasteiger partial charge is 0.504 e. The summed E-state index contributed by atoms with van der Waals surface area (Å²) in [5.74, 6) is 0.806. The van der Waals surface area contributed by atoms with Crippen molar-refractivity contribution >= 4 is 23.4 Å². The Kier molecular flexibility index (Phi) is 10.4. The van der Waals surface area contributed by atoms with Crippen LogP contribution in [0, 0.1) is 0 Å². The molecule has 2 aromatic carbocycles. The second kappa shape index (κ2) is 14.2. The van der Waals surface area contributed by atoms with E-state index in [0.717, 1.165) is 12.8 Å². The van der Waals surface area contributed by atoms with Crippen molar-refractivity contribution in [2.24, 2.45) is 4.99 Å². The van der Waals surface area contributed by atoms with Gasteiger partial charge < -0.3 is 28.8 Å². The van der Waals surface area contributed by atoms with Crippen LogP contribution in [0.3, 0.4) is 0 Å². The lowest BCUT2D eigenvalue weighted by Gasteiger charge is -2.25. The number of aromatic nitrogens is 1. The summed E-state index contributed by atoms with van der Waals surface area (Å²) in [6.45, 7) is 6.85. The first kappa shape index (κ1) is 30.9. The molecule has 4 rings (SSSR count). The van der Waals surface area contributed by atoms with Crippen LogP contribution in [0.4, 0.5) is 0 Å². The second-order valence-corrected chi connectivity index (χ2v) is 10.5. The minimum atomic E-state index is -0.823. The van der Waals surface area contributed by atoms with E-state index in [-0.39, 0.29) is 30.1 Å². The molecule has 42 heavy (non-hydrogen) atoms. The Morgan fingerprint density at radius 1 is 1.05 bits per heavy atom. The number of methoxy groups -OCH3 is 2. The molecule has 1 aromatic heterocycles. The zero-order chi connectivity index (χ0) is 30.2. The molecule has 0 spiro atoms. The number of aromatic hydroxyl groups is 1. The summed E-state index contributed by atoms with van der Waals surface area (Å²) in [5, 5.41) is 10.1. The molecule has 224 valence electrons. The van der Waals surface area contributed by atoms with Crippen molar-refractivity contribution in [3.8, 4) is 23.0 Å². The third-order valence-electron chi connectivity index (χ3n) is 6.60. The average Bonchev–Trinajstić information content (AvgIpc) is 3.28. The number of ether oxygens (including phenoxy) is 5. The highest BCUT2D eigenvalue weighted by Crippen LogP contribution is 2.36. The van der Waals surface area contributed by atoms with Crippen molar-refractivity contribution in [1.82, 2.24) is 4.57 Å². The van der Waals surface area contributed by atoms with E-state index in [9.17, 15) is 14.7 Å². The molecule has 1 aliphatic rings. The fourth-order valence-corrected chi connectivity index (χ4v) is 5.58. The van der Waals surface area contributed by atoms with E-state index in [1.54, 1.807) is 44.4 Å². The third kappa shape index (κ3) is 6.69. The number of allylic oxidation sites excluding steroid dienone is 1. The van der Waals surface area contributed by atoms with Crippen molar-refractivity contribution < 1.29 is 33.6 Å². The number of phenolic OH excluding ortho intramolecular Hbond substituents is 1. The van der Waals surface area contributed by atoms with Crippen molar-refractivity contribution in [2.45, 2.75) is 39.7 Å². The van der Waals surface area contributed by atoms with Crippen LogP contribution in [0.25, 0.3) is 6.08 Å². The summed E-state index contributed by atoms with van der Waals surface area (Å²) < 4.78 is 29.5. The van der Waals surface area contributed by atoms with E-state index in [4.69, 9.17) is 23.7 Å². The zero-order valence-electron chi connectivity index (χ0n) is 24.5. The summed E-state index contributed by atoms with van der Waals surface area (Å²) in [4.78, 5) is 32.4. The van der Waals surface area contributed by atoms with Gasteiger partial charge in [-0.05, 0) is 61.7 Å². The number of thiazole rings is 1. The van der Waals surface area contributed by atoms with Gasteiger partial charge in [-0.1, -0.05) is 36.8 Å². The Hall–Kier alpha value is -4.09. The van der Waals surface area contributed by atoms with Crippen molar-refractivity contribution in [3.05, 3.63) is 78.5 Å². The van der Waals surface area contributed by atoms with E-state index < -0.39 is 12.0 Å². The fourth-order valence-electron chi connectivity index (χ4n) is 4.54. The van der Waals surface area contributed by atoms with Gasteiger partial charge in [0.15, 0.2) is 27.8 Å². The highest BCUT2D eigenvalue weighted by Gasteiger charge is 2.34. The van der Waals surface area contributed by atoms with E-state index in [0.29, 0.717) is 56.6 Å². The van der Waals surface area contributed by atoms with Crippen LogP contribution in [0.15, 0.2) is 57.5 Å². The number of hydrogen-bond acceptors (Lipinski definition) is 10. The number of benzene rings is 2. The molecule has 0 saturated heterocycles. The van der Waals surface area contributed by atoms with Gasteiger partial charge in [0, 0.05) is 7.11 Å². The van der Waals surface area contributed by atoms with E-state index in [1.807, 2.05) is 13.0 Å². The molecule has 1 unspecified atom stereocenters. The topological polar surface area (TPSA) is 118 Å². The Morgan fingerprint density at radius 3 is 2.57 bits per heavy atom. The lowest BCUT2D eigenvalue weighted by atomic mass is 9.95. The van der Waals surface area contributed by atoms with Crippen molar-refractivity contribution in [3.63, 3.8) is 0 Å². The molecule has 2 heterocycles. The predicted octanol–water partition coefficient (Wildman–Crippen LogP) is 3.72. The van der Waals surface area contributed by atoms with Gasteiger partial charge in [0.2, 0.25) is 0 Å². The summed E-state index contributed by atoms with van der Waals surface area (Å²) in [7, 11) is 3.07. The highest BCUT2D eigenvalue weighted by atomic mass is 32.1. The van der Waals surface area contributed by atoms with Crippen LogP contribution in [0.2, 0.25) is 0 Å². The first-order chi connectivity index (χ1) is 20.3. The quantitative estimate of drug-likeness (QED) is 0.234. The Morgan fingerprint density at radius 2 is 1.86 bits per heavy atom. The molecule has 0 amide bonds. The molecular formula is C31H36N2O8S. The van der Waals surface area contributed by atoms with Gasteiger partial charge in [-0.25, -0.2) is 9.79 Å². The summed E-state index contributed by atoms with van der Waals surface area (Å²) >= 11 is 1.21. The molecule has 1 N–H and O–H groups in total. The van der Waals surface area contributed by atoms with Crippen LogP contribution < -0.4 is 29.1 Å². The van der Waals surface area contributed by atoms with Crippen LogP contribution in [-0.4, -0.2) is 56.3 Å². The van der Waals surface area contributed by atoms with Crippen LogP contribution in [-0.2, 0) is 14.3 Å². The van der Waals surface area contributed by atoms with Crippen LogP contribution >= 0.6 is 11.3 Å². The van der Waals surface area contributed by atoms with E-state index >= 15 is 0 Å². The van der Waals surface area contributed by atoms with Crippen LogP contribution in [0.1, 0.15) is 50.8 Å². The maximum Gasteiger partial charge on any atom is 0.338 e. The van der Waals surface area contributed by atoms with Gasteiger partial charge in [-0.2, -0.15) is 0 Å². The van der Waals surface area contributed by atoms with Crippen molar-refractivity contribution in [1.29, 1.82) is 0 Å². The molecular weight excluding hydrogens is 560 g/mol. The standard InChI is InChI=1S/C31H36N2O8S/c1-6-8-13-40-23-12-10-21(18-25(23)38-5)28-27(30(36)41-15-14-37-4)19(3)32-31-33(28)29(35)26(42-31)17-20-9-11-22(34)24(16-20)39-7-2/h9-12,16-18,28,34H,6-8,13-15H2,1-5H3/b26-17-. The Bertz CT molecular complexity index is 1640. The Balaban J connectivity index is 1.86. The maximum absolute atomic E-state index is 14.0. The lowest BCUT2D eigenvalue weighted by molar-refractivity contribution is -0.140. The molecule has 10 nitrogen and oxygen atoms in total. The van der Waals surface area contributed by atoms with Gasteiger partial charge in [-0.3, -0.25) is 9.36 Å². The summed E-state index contributed by atoms with van der Waals surface area (Å²) in [6, 6.07) is 9.44. The fraction of sp³-hybridized carbons (Fsp3) is 0.387. The number of phenols is 1.